The van der Waals surface area contributed by atoms with Gasteiger partial charge in [-0.2, -0.15) is 0 Å². The molecule has 0 saturated heterocycles. The summed E-state index contributed by atoms with van der Waals surface area (Å²) in [6.45, 7) is 11.3. The van der Waals surface area contributed by atoms with E-state index in [1.165, 1.54) is 78.3 Å². The molecular weight excluding hydrogens is 459 g/mol. The van der Waals surface area contributed by atoms with Crippen LogP contribution in [0.5, 0.6) is 0 Å². The van der Waals surface area contributed by atoms with Crippen LogP contribution in [0.4, 0.5) is 34.1 Å². The van der Waals surface area contributed by atoms with E-state index in [1.54, 1.807) is 0 Å². The highest BCUT2D eigenvalue weighted by Crippen LogP contribution is 2.54. The Morgan fingerprint density at radius 3 is 1.87 bits per heavy atom. The van der Waals surface area contributed by atoms with Crippen LogP contribution in [0, 0.1) is 34.6 Å². The van der Waals surface area contributed by atoms with Crippen LogP contribution < -0.4 is 26.2 Å². The Hall–Kier alpha value is -4.24. The summed E-state index contributed by atoms with van der Waals surface area (Å²) in [6.07, 6.45) is 0. The SMILES string of the molecule is Cc1cccc(N2c3ccccc3N3c4cc(C)ccc4B(c4c(C)cc(C)cc4C)c4cccc2c43)c1. The molecule has 5 aromatic rings. The van der Waals surface area contributed by atoms with Crippen molar-refractivity contribution >= 4 is 57.2 Å². The number of benzene rings is 5. The fraction of sp³-hybridized carbons (Fsp3) is 0.143. The van der Waals surface area contributed by atoms with Crippen molar-refractivity contribution in [1.82, 2.24) is 0 Å². The summed E-state index contributed by atoms with van der Waals surface area (Å²) < 4.78 is 0. The Morgan fingerprint density at radius 2 is 1.13 bits per heavy atom. The van der Waals surface area contributed by atoms with Gasteiger partial charge in [-0.1, -0.05) is 82.8 Å². The summed E-state index contributed by atoms with van der Waals surface area (Å²) in [5.41, 5.74) is 18.1. The van der Waals surface area contributed by atoms with Crippen molar-refractivity contribution in [2.45, 2.75) is 34.6 Å². The molecule has 0 fully saturated rings. The van der Waals surface area contributed by atoms with Gasteiger partial charge in [0, 0.05) is 11.4 Å². The molecule has 0 spiro atoms. The Morgan fingerprint density at radius 1 is 0.474 bits per heavy atom. The lowest BCUT2D eigenvalue weighted by Gasteiger charge is -2.46. The van der Waals surface area contributed by atoms with Gasteiger partial charge in [-0.3, -0.25) is 0 Å². The number of aryl methyl sites for hydroxylation is 5. The molecule has 0 radical (unpaired) electrons. The summed E-state index contributed by atoms with van der Waals surface area (Å²) in [6, 6.07) is 36.3. The number of rotatable bonds is 2. The first kappa shape index (κ1) is 22.9. The average molecular weight is 490 g/mol. The molecule has 0 N–H and O–H groups in total. The monoisotopic (exact) mass is 490 g/mol. The van der Waals surface area contributed by atoms with Crippen molar-refractivity contribution in [2.24, 2.45) is 0 Å². The molecule has 2 heterocycles. The van der Waals surface area contributed by atoms with Gasteiger partial charge >= 0.3 is 0 Å². The molecule has 0 aliphatic carbocycles. The van der Waals surface area contributed by atoms with Crippen molar-refractivity contribution in [3.63, 3.8) is 0 Å². The smallest absolute Gasteiger partial charge is 0.247 e. The zero-order valence-corrected chi connectivity index (χ0v) is 22.7. The van der Waals surface area contributed by atoms with E-state index in [0.717, 1.165) is 0 Å². The van der Waals surface area contributed by atoms with E-state index in [4.69, 9.17) is 0 Å². The Bertz CT molecular complexity index is 1730. The normalized spacial score (nSPS) is 13.2. The zero-order valence-electron chi connectivity index (χ0n) is 22.7. The quantitative estimate of drug-likeness (QED) is 0.235. The first-order valence-electron chi connectivity index (χ1n) is 13.5. The van der Waals surface area contributed by atoms with Crippen molar-refractivity contribution in [1.29, 1.82) is 0 Å². The number of hydrogen-bond donors (Lipinski definition) is 0. The summed E-state index contributed by atoms with van der Waals surface area (Å²) >= 11 is 0. The molecule has 0 saturated carbocycles. The number of para-hydroxylation sites is 3. The molecule has 0 unspecified atom stereocenters. The van der Waals surface area contributed by atoms with Gasteiger partial charge < -0.3 is 9.80 Å². The maximum absolute atomic E-state index is 2.52. The highest BCUT2D eigenvalue weighted by Gasteiger charge is 2.42. The third kappa shape index (κ3) is 3.28. The standard InChI is InChI=1S/C35H31BN2/c1-22-10-8-11-27(20-22)37-30-13-6-7-14-31(30)38-33-21-23(2)16-17-28(33)36(29-12-9-15-32(37)35(29)38)34-25(4)18-24(3)19-26(34)5/h6-21H,1-5H3. The predicted octanol–water partition coefficient (Wildman–Crippen LogP) is 7.31. The van der Waals surface area contributed by atoms with E-state index < -0.39 is 0 Å². The van der Waals surface area contributed by atoms with Gasteiger partial charge in [-0.15, -0.1) is 0 Å². The first-order chi connectivity index (χ1) is 18.4. The maximum Gasteiger partial charge on any atom is 0.247 e. The molecule has 0 bridgehead atoms. The van der Waals surface area contributed by atoms with Crippen LogP contribution in [0.15, 0.2) is 97.1 Å². The van der Waals surface area contributed by atoms with Gasteiger partial charge in [0.2, 0.25) is 6.71 Å². The largest absolute Gasteiger partial charge is 0.307 e. The zero-order chi connectivity index (χ0) is 26.1. The van der Waals surface area contributed by atoms with Gasteiger partial charge in [0.25, 0.3) is 0 Å². The highest BCUT2D eigenvalue weighted by atomic mass is 15.3. The number of hydrogen-bond acceptors (Lipinski definition) is 2. The van der Waals surface area contributed by atoms with E-state index in [-0.39, 0.29) is 6.71 Å². The molecular formula is C35H31BN2. The van der Waals surface area contributed by atoms with Crippen LogP contribution >= 0.6 is 0 Å². The second-order valence-electron chi connectivity index (χ2n) is 11.0. The van der Waals surface area contributed by atoms with E-state index >= 15 is 0 Å². The number of anilines is 6. The van der Waals surface area contributed by atoms with Gasteiger partial charge in [-0.05, 0) is 93.1 Å². The lowest BCUT2D eigenvalue weighted by molar-refractivity contribution is 1.17. The molecule has 38 heavy (non-hydrogen) atoms. The number of fused-ring (bicyclic) bond motifs is 4. The molecule has 0 amide bonds. The van der Waals surface area contributed by atoms with Crippen LogP contribution in [0.2, 0.25) is 0 Å². The molecule has 2 aliphatic rings. The topological polar surface area (TPSA) is 6.48 Å². The van der Waals surface area contributed by atoms with Crippen molar-refractivity contribution < 1.29 is 0 Å². The Labute approximate surface area is 226 Å². The lowest BCUT2D eigenvalue weighted by Crippen LogP contribution is -2.59. The fourth-order valence-corrected chi connectivity index (χ4v) is 6.81. The summed E-state index contributed by atoms with van der Waals surface area (Å²) in [5, 5.41) is 0. The van der Waals surface area contributed by atoms with Crippen molar-refractivity contribution in [3.05, 3.63) is 125 Å². The minimum atomic E-state index is 0.169. The summed E-state index contributed by atoms with van der Waals surface area (Å²) in [7, 11) is 0. The van der Waals surface area contributed by atoms with Gasteiger partial charge in [0.1, 0.15) is 0 Å². The maximum atomic E-state index is 2.52. The molecule has 184 valence electrons. The van der Waals surface area contributed by atoms with E-state index in [1.807, 2.05) is 0 Å². The summed E-state index contributed by atoms with van der Waals surface area (Å²) in [4.78, 5) is 4.97. The Balaban J connectivity index is 1.59. The fourth-order valence-electron chi connectivity index (χ4n) is 6.81. The molecule has 7 rings (SSSR count). The first-order valence-corrected chi connectivity index (χ1v) is 13.5. The van der Waals surface area contributed by atoms with Crippen LogP contribution in [0.1, 0.15) is 27.8 Å². The third-order valence-corrected chi connectivity index (χ3v) is 8.21. The average Bonchev–Trinajstić information content (AvgIpc) is 2.89. The van der Waals surface area contributed by atoms with Gasteiger partial charge in [0.05, 0.1) is 22.7 Å². The lowest BCUT2D eigenvalue weighted by atomic mass is 9.33. The third-order valence-electron chi connectivity index (χ3n) is 8.21. The molecule has 0 aromatic heterocycles. The van der Waals surface area contributed by atoms with E-state index in [9.17, 15) is 0 Å². The van der Waals surface area contributed by atoms with E-state index in [2.05, 4.69) is 141 Å². The summed E-state index contributed by atoms with van der Waals surface area (Å²) in [5.74, 6) is 0. The molecule has 3 heteroatoms. The minimum Gasteiger partial charge on any atom is -0.307 e. The van der Waals surface area contributed by atoms with Crippen molar-refractivity contribution in [2.75, 3.05) is 9.80 Å². The van der Waals surface area contributed by atoms with Crippen LogP contribution in [0.25, 0.3) is 0 Å². The molecule has 2 nitrogen and oxygen atoms in total. The van der Waals surface area contributed by atoms with Gasteiger partial charge in [-0.25, -0.2) is 0 Å². The second-order valence-corrected chi connectivity index (χ2v) is 11.0. The second kappa shape index (κ2) is 8.39. The van der Waals surface area contributed by atoms with Crippen LogP contribution in [-0.4, -0.2) is 6.71 Å². The predicted molar refractivity (Wildman–Crippen MR) is 164 cm³/mol. The molecule has 0 atom stereocenters. The minimum absolute atomic E-state index is 0.169. The Kier molecular flexibility index (Phi) is 5.06. The van der Waals surface area contributed by atoms with Gasteiger partial charge in [0.15, 0.2) is 0 Å². The van der Waals surface area contributed by atoms with E-state index in [0.29, 0.717) is 0 Å². The van der Waals surface area contributed by atoms with Crippen molar-refractivity contribution in [3.8, 4) is 0 Å². The number of nitrogens with zero attached hydrogens (tertiary/aromatic N) is 2. The highest BCUT2D eigenvalue weighted by molar-refractivity contribution is 6.98. The molecule has 2 aliphatic heterocycles. The van der Waals surface area contributed by atoms with Crippen LogP contribution in [0.3, 0.4) is 0 Å². The molecule has 5 aromatic carbocycles. The van der Waals surface area contributed by atoms with Crippen LogP contribution in [-0.2, 0) is 0 Å².